The van der Waals surface area contributed by atoms with E-state index in [0.29, 0.717) is 12.1 Å². The lowest BCUT2D eigenvalue weighted by atomic mass is 10.0. The molecule has 0 saturated heterocycles. The average molecular weight is 341 g/mol. The maximum Gasteiger partial charge on any atom is 0.272 e. The second-order valence-corrected chi connectivity index (χ2v) is 7.21. The van der Waals surface area contributed by atoms with Gasteiger partial charge >= 0.3 is 0 Å². The van der Waals surface area contributed by atoms with Gasteiger partial charge in [-0.15, -0.1) is 0 Å². The van der Waals surface area contributed by atoms with E-state index in [-0.39, 0.29) is 24.5 Å². The second-order valence-electron chi connectivity index (χ2n) is 7.21. The Morgan fingerprint density at radius 3 is 2.64 bits per heavy atom. The number of hydrogen-bond acceptors (Lipinski definition) is 3. The van der Waals surface area contributed by atoms with Gasteiger partial charge in [0.05, 0.1) is 5.69 Å². The highest BCUT2D eigenvalue weighted by Gasteiger charge is 2.28. The molecule has 1 aromatic heterocycles. The third kappa shape index (κ3) is 3.61. The molecule has 3 rings (SSSR count). The number of hydrogen-bond donors (Lipinski definition) is 2. The van der Waals surface area contributed by atoms with Crippen LogP contribution in [-0.4, -0.2) is 33.4 Å². The fraction of sp³-hybridized carbons (Fsp3) is 0.500. The lowest BCUT2D eigenvalue weighted by Crippen LogP contribution is -2.39. The fourth-order valence-electron chi connectivity index (χ4n) is 3.47. The maximum absolute atomic E-state index is 12.8. The Bertz CT molecular complexity index is 747. The SMILES string of the molecule is Cc1ccc(-n2nc(C(=O)NC(CCO)C(C)C)c3c2CCC3)cc1. The summed E-state index contributed by atoms with van der Waals surface area (Å²) in [5, 5.41) is 16.9. The van der Waals surface area contributed by atoms with Gasteiger partial charge in [-0.2, -0.15) is 5.10 Å². The van der Waals surface area contributed by atoms with Crippen LogP contribution in [0.15, 0.2) is 24.3 Å². The number of carbonyl (C=O) groups is 1. The quantitative estimate of drug-likeness (QED) is 0.849. The molecule has 0 fully saturated rings. The number of aliphatic hydroxyl groups is 1. The van der Waals surface area contributed by atoms with Gasteiger partial charge in [-0.05, 0) is 50.7 Å². The summed E-state index contributed by atoms with van der Waals surface area (Å²) >= 11 is 0. The van der Waals surface area contributed by atoms with Crippen LogP contribution in [0.2, 0.25) is 0 Å². The molecular weight excluding hydrogens is 314 g/mol. The summed E-state index contributed by atoms with van der Waals surface area (Å²) in [6.45, 7) is 6.23. The topological polar surface area (TPSA) is 67.2 Å². The van der Waals surface area contributed by atoms with E-state index in [1.807, 2.05) is 16.8 Å². The number of nitrogens with zero attached hydrogens (tertiary/aromatic N) is 2. The Morgan fingerprint density at radius 2 is 2.00 bits per heavy atom. The molecule has 1 aliphatic rings. The Hall–Kier alpha value is -2.14. The van der Waals surface area contributed by atoms with Gasteiger partial charge in [-0.25, -0.2) is 4.68 Å². The fourth-order valence-corrected chi connectivity index (χ4v) is 3.47. The van der Waals surface area contributed by atoms with Gasteiger partial charge in [0.25, 0.3) is 5.91 Å². The Morgan fingerprint density at radius 1 is 1.28 bits per heavy atom. The third-order valence-electron chi connectivity index (χ3n) is 4.99. The molecule has 0 radical (unpaired) electrons. The molecule has 5 heteroatoms. The van der Waals surface area contributed by atoms with Crippen LogP contribution in [0.1, 0.15) is 54.0 Å². The van der Waals surface area contributed by atoms with Crippen molar-refractivity contribution < 1.29 is 9.90 Å². The Labute approximate surface area is 149 Å². The van der Waals surface area contributed by atoms with Crippen molar-refractivity contribution >= 4 is 5.91 Å². The highest BCUT2D eigenvalue weighted by atomic mass is 16.3. The van der Waals surface area contributed by atoms with E-state index < -0.39 is 0 Å². The lowest BCUT2D eigenvalue weighted by Gasteiger charge is -2.21. The number of benzene rings is 1. The summed E-state index contributed by atoms with van der Waals surface area (Å²) in [6.07, 6.45) is 3.47. The van der Waals surface area contributed by atoms with Crippen LogP contribution >= 0.6 is 0 Å². The van der Waals surface area contributed by atoms with E-state index in [2.05, 4.69) is 43.3 Å². The van der Waals surface area contributed by atoms with Crippen LogP contribution < -0.4 is 5.32 Å². The molecule has 2 aromatic rings. The van der Waals surface area contributed by atoms with Crippen molar-refractivity contribution in [3.63, 3.8) is 0 Å². The van der Waals surface area contributed by atoms with Gasteiger partial charge in [0.1, 0.15) is 0 Å². The molecule has 2 N–H and O–H groups in total. The van der Waals surface area contributed by atoms with Gasteiger partial charge < -0.3 is 10.4 Å². The van der Waals surface area contributed by atoms with Gasteiger partial charge in [-0.1, -0.05) is 31.5 Å². The minimum Gasteiger partial charge on any atom is -0.396 e. The van der Waals surface area contributed by atoms with Crippen LogP contribution in [0.4, 0.5) is 0 Å². The molecule has 1 aromatic carbocycles. The van der Waals surface area contributed by atoms with Crippen molar-refractivity contribution in [3.05, 3.63) is 46.8 Å². The van der Waals surface area contributed by atoms with Gasteiger partial charge in [0, 0.05) is 23.9 Å². The monoisotopic (exact) mass is 341 g/mol. The smallest absolute Gasteiger partial charge is 0.272 e. The first kappa shape index (κ1) is 17.7. The highest BCUT2D eigenvalue weighted by molar-refractivity contribution is 5.94. The molecule has 134 valence electrons. The summed E-state index contributed by atoms with van der Waals surface area (Å²) in [5.74, 6) is 0.138. The first-order chi connectivity index (χ1) is 12.0. The number of aryl methyl sites for hydroxylation is 1. The predicted octanol–water partition coefficient (Wildman–Crippen LogP) is 2.81. The number of amides is 1. The zero-order valence-electron chi connectivity index (χ0n) is 15.2. The third-order valence-corrected chi connectivity index (χ3v) is 4.99. The van der Waals surface area contributed by atoms with E-state index in [9.17, 15) is 9.90 Å². The van der Waals surface area contributed by atoms with E-state index in [1.54, 1.807) is 0 Å². The molecule has 1 aliphatic carbocycles. The number of aromatic nitrogens is 2. The predicted molar refractivity (Wildman–Crippen MR) is 98.1 cm³/mol. The zero-order valence-corrected chi connectivity index (χ0v) is 15.2. The molecule has 0 aliphatic heterocycles. The van der Waals surface area contributed by atoms with E-state index in [4.69, 9.17) is 0 Å². The number of fused-ring (bicyclic) bond motifs is 1. The van der Waals surface area contributed by atoms with Crippen molar-refractivity contribution in [1.82, 2.24) is 15.1 Å². The normalized spacial score (nSPS) is 14.6. The average Bonchev–Trinajstić information content (AvgIpc) is 3.17. The first-order valence-electron chi connectivity index (χ1n) is 9.10. The molecule has 0 spiro atoms. The molecule has 1 atom stereocenters. The van der Waals surface area contributed by atoms with Crippen LogP contribution in [0, 0.1) is 12.8 Å². The van der Waals surface area contributed by atoms with Crippen molar-refractivity contribution in [2.24, 2.45) is 5.92 Å². The van der Waals surface area contributed by atoms with Crippen molar-refractivity contribution in [1.29, 1.82) is 0 Å². The van der Waals surface area contributed by atoms with Crippen LogP contribution in [0.5, 0.6) is 0 Å². The minimum absolute atomic E-state index is 0.0425. The van der Waals surface area contributed by atoms with E-state index in [1.165, 1.54) is 5.56 Å². The van der Waals surface area contributed by atoms with Gasteiger partial charge in [-0.3, -0.25) is 4.79 Å². The molecule has 1 unspecified atom stereocenters. The summed E-state index contributed by atoms with van der Waals surface area (Å²) in [7, 11) is 0. The summed E-state index contributed by atoms with van der Waals surface area (Å²) < 4.78 is 1.92. The largest absolute Gasteiger partial charge is 0.396 e. The second kappa shape index (κ2) is 7.40. The summed E-state index contributed by atoms with van der Waals surface area (Å²) in [6, 6.07) is 8.18. The molecular formula is C20H27N3O2. The minimum atomic E-state index is -0.129. The van der Waals surface area contributed by atoms with E-state index >= 15 is 0 Å². The van der Waals surface area contributed by atoms with Crippen LogP contribution in [0.25, 0.3) is 5.69 Å². The number of aliphatic hydroxyl groups excluding tert-OH is 1. The number of carbonyl (C=O) groups excluding carboxylic acids is 1. The standard InChI is InChI=1S/C20H27N3O2/c1-13(2)17(11-12-24)21-20(25)19-16-5-4-6-18(16)23(22-19)15-9-7-14(3)8-10-15/h7-10,13,17,24H,4-6,11-12H2,1-3H3,(H,21,25). The zero-order chi connectivity index (χ0) is 18.0. The van der Waals surface area contributed by atoms with Crippen LogP contribution in [-0.2, 0) is 12.8 Å². The lowest BCUT2D eigenvalue weighted by molar-refractivity contribution is 0.0910. The van der Waals surface area contributed by atoms with Crippen molar-refractivity contribution in [2.75, 3.05) is 6.61 Å². The highest BCUT2D eigenvalue weighted by Crippen LogP contribution is 2.28. The van der Waals surface area contributed by atoms with E-state index in [0.717, 1.165) is 36.2 Å². The first-order valence-corrected chi connectivity index (χ1v) is 9.10. The molecule has 25 heavy (non-hydrogen) atoms. The number of nitrogens with one attached hydrogen (secondary N) is 1. The molecule has 0 saturated carbocycles. The summed E-state index contributed by atoms with van der Waals surface area (Å²) in [5.41, 5.74) is 4.96. The van der Waals surface area contributed by atoms with Gasteiger partial charge in [0.2, 0.25) is 0 Å². The number of rotatable bonds is 6. The molecule has 5 nitrogen and oxygen atoms in total. The molecule has 0 bridgehead atoms. The summed E-state index contributed by atoms with van der Waals surface area (Å²) in [4.78, 5) is 12.8. The van der Waals surface area contributed by atoms with Crippen molar-refractivity contribution in [3.8, 4) is 5.69 Å². The molecule has 1 heterocycles. The van der Waals surface area contributed by atoms with Gasteiger partial charge in [0.15, 0.2) is 5.69 Å². The van der Waals surface area contributed by atoms with Crippen LogP contribution in [0.3, 0.4) is 0 Å². The molecule has 1 amide bonds. The maximum atomic E-state index is 12.8. The Kier molecular flexibility index (Phi) is 5.23. The van der Waals surface area contributed by atoms with Crippen molar-refractivity contribution in [2.45, 2.75) is 52.5 Å². The Balaban J connectivity index is 1.91.